The Balaban J connectivity index is 1.39. The van der Waals surface area contributed by atoms with Gasteiger partial charge in [-0.15, -0.1) is 11.3 Å². The maximum Gasteiger partial charge on any atom is 0.339 e. The number of nitrogens with one attached hydrogen (secondary N) is 1. The maximum atomic E-state index is 13.3. The fourth-order valence-electron chi connectivity index (χ4n) is 4.37. The van der Waals surface area contributed by atoms with E-state index in [0.29, 0.717) is 12.0 Å². The second kappa shape index (κ2) is 9.61. The van der Waals surface area contributed by atoms with Gasteiger partial charge in [0.1, 0.15) is 0 Å². The molecule has 2 aromatic heterocycles. The van der Waals surface area contributed by atoms with E-state index in [1.807, 2.05) is 73.0 Å². The minimum Gasteiger partial charge on any atom is -0.452 e. The molecule has 0 fully saturated rings. The van der Waals surface area contributed by atoms with Crippen LogP contribution in [0.5, 0.6) is 0 Å². The van der Waals surface area contributed by atoms with Gasteiger partial charge in [-0.2, -0.15) is 0 Å². The zero-order valence-corrected chi connectivity index (χ0v) is 19.6. The van der Waals surface area contributed by atoms with Crippen LogP contribution in [0.2, 0.25) is 0 Å². The molecule has 0 radical (unpaired) electrons. The monoisotopic (exact) mass is 468 g/mol. The van der Waals surface area contributed by atoms with E-state index >= 15 is 0 Å². The van der Waals surface area contributed by atoms with Crippen molar-refractivity contribution in [3.63, 3.8) is 0 Å². The van der Waals surface area contributed by atoms with Gasteiger partial charge < -0.3 is 10.1 Å². The summed E-state index contributed by atoms with van der Waals surface area (Å²) < 4.78 is 5.50. The molecule has 0 saturated heterocycles. The maximum absolute atomic E-state index is 13.3. The third-order valence-electron chi connectivity index (χ3n) is 6.02. The zero-order valence-electron chi connectivity index (χ0n) is 18.8. The van der Waals surface area contributed by atoms with Gasteiger partial charge in [-0.3, -0.25) is 4.79 Å². The molecule has 170 valence electrons. The lowest BCUT2D eigenvalue weighted by Crippen LogP contribution is -2.31. The van der Waals surface area contributed by atoms with E-state index in [9.17, 15) is 9.59 Å². The average molecular weight is 469 g/mol. The highest BCUT2D eigenvalue weighted by Crippen LogP contribution is 2.38. The summed E-state index contributed by atoms with van der Waals surface area (Å²) in [6, 6.07) is 21.2. The summed E-state index contributed by atoms with van der Waals surface area (Å²) in [7, 11) is 0. The van der Waals surface area contributed by atoms with E-state index in [1.165, 1.54) is 0 Å². The van der Waals surface area contributed by atoms with E-state index in [0.717, 1.165) is 44.6 Å². The number of benzene rings is 2. The number of amides is 1. The number of hydrogen-bond acceptors (Lipinski definition) is 5. The molecule has 1 aliphatic carbocycles. The molecule has 1 atom stereocenters. The number of para-hydroxylation sites is 1. The lowest BCUT2D eigenvalue weighted by molar-refractivity contribution is -0.124. The summed E-state index contributed by atoms with van der Waals surface area (Å²) in [6.07, 6.45) is 3.67. The van der Waals surface area contributed by atoms with Gasteiger partial charge in [0.2, 0.25) is 0 Å². The number of pyridine rings is 1. The van der Waals surface area contributed by atoms with Crippen molar-refractivity contribution in [3.8, 4) is 0 Å². The number of allylic oxidation sites excluding steroid dienone is 1. The molecule has 5 nitrogen and oxygen atoms in total. The Morgan fingerprint density at radius 3 is 2.65 bits per heavy atom. The first-order chi connectivity index (χ1) is 16.6. The summed E-state index contributed by atoms with van der Waals surface area (Å²) in [5.74, 6) is -0.826. The molecule has 5 rings (SSSR count). The fourth-order valence-corrected chi connectivity index (χ4v) is 5.05. The number of hydrogen-bond donors (Lipinski definition) is 1. The van der Waals surface area contributed by atoms with Crippen molar-refractivity contribution >= 4 is 45.8 Å². The molecule has 6 heteroatoms. The molecule has 0 spiro atoms. The number of rotatable bonds is 6. The minimum absolute atomic E-state index is 0.177. The van der Waals surface area contributed by atoms with E-state index in [-0.39, 0.29) is 18.6 Å². The van der Waals surface area contributed by atoms with Crippen LogP contribution in [0.15, 0.2) is 72.1 Å². The molecular weight excluding hydrogens is 444 g/mol. The topological polar surface area (TPSA) is 68.3 Å². The highest BCUT2D eigenvalue weighted by Gasteiger charge is 2.28. The lowest BCUT2D eigenvalue weighted by Gasteiger charge is -2.15. The van der Waals surface area contributed by atoms with Crippen LogP contribution in [-0.2, 0) is 16.0 Å². The molecule has 4 aromatic rings. The molecular formula is C28H24N2O3S. The molecule has 34 heavy (non-hydrogen) atoms. The van der Waals surface area contributed by atoms with E-state index in [1.54, 1.807) is 11.3 Å². The smallest absolute Gasteiger partial charge is 0.339 e. The van der Waals surface area contributed by atoms with Crippen LogP contribution in [0.25, 0.3) is 22.6 Å². The number of fused-ring (bicyclic) bond motifs is 2. The first-order valence-corrected chi connectivity index (χ1v) is 12.2. The first-order valence-electron chi connectivity index (χ1n) is 11.3. The zero-order chi connectivity index (χ0) is 23.5. The van der Waals surface area contributed by atoms with Crippen LogP contribution in [-0.4, -0.2) is 23.5 Å². The largest absolute Gasteiger partial charge is 0.452 e. The Bertz CT molecular complexity index is 1380. The van der Waals surface area contributed by atoms with Crippen molar-refractivity contribution in [1.29, 1.82) is 0 Å². The quantitative estimate of drug-likeness (QED) is 0.362. The van der Waals surface area contributed by atoms with E-state index in [2.05, 4.69) is 17.5 Å². The molecule has 1 N–H and O–H groups in total. The van der Waals surface area contributed by atoms with Crippen molar-refractivity contribution in [2.75, 3.05) is 6.61 Å². The van der Waals surface area contributed by atoms with Crippen LogP contribution in [0.4, 0.5) is 0 Å². The highest BCUT2D eigenvalue weighted by molar-refractivity contribution is 7.10. The molecule has 1 unspecified atom stereocenters. The van der Waals surface area contributed by atoms with Crippen LogP contribution in [0.1, 0.15) is 51.4 Å². The summed E-state index contributed by atoms with van der Waals surface area (Å²) in [4.78, 5) is 31.8. The predicted molar refractivity (Wildman–Crippen MR) is 136 cm³/mol. The Kier molecular flexibility index (Phi) is 6.23. The molecule has 2 heterocycles. The number of nitrogens with zero attached hydrogens (tertiary/aromatic N) is 1. The molecule has 1 amide bonds. The van der Waals surface area contributed by atoms with E-state index in [4.69, 9.17) is 9.72 Å². The van der Waals surface area contributed by atoms with Gasteiger partial charge >= 0.3 is 5.97 Å². The van der Waals surface area contributed by atoms with Crippen molar-refractivity contribution in [3.05, 3.63) is 99.4 Å². The van der Waals surface area contributed by atoms with Crippen molar-refractivity contribution < 1.29 is 14.3 Å². The van der Waals surface area contributed by atoms with Gasteiger partial charge in [0.05, 0.1) is 22.8 Å². The third-order valence-corrected chi connectivity index (χ3v) is 6.84. The second-order valence-corrected chi connectivity index (χ2v) is 9.27. The molecule has 1 aliphatic rings. The van der Waals surface area contributed by atoms with Crippen LogP contribution in [0, 0.1) is 0 Å². The number of aromatic nitrogens is 1. The number of carbonyl (C=O) groups excluding carboxylic acids is 2. The van der Waals surface area contributed by atoms with Crippen molar-refractivity contribution in [2.45, 2.75) is 25.8 Å². The minimum atomic E-state index is -0.491. The normalized spacial score (nSPS) is 14.7. The Morgan fingerprint density at radius 2 is 1.85 bits per heavy atom. The summed E-state index contributed by atoms with van der Waals surface area (Å²) in [5, 5.41) is 5.68. The summed E-state index contributed by atoms with van der Waals surface area (Å²) >= 11 is 1.67. The number of ether oxygens (including phenoxy) is 1. The number of esters is 1. The second-order valence-electron chi connectivity index (χ2n) is 8.29. The predicted octanol–water partition coefficient (Wildman–Crippen LogP) is 5.82. The highest BCUT2D eigenvalue weighted by atomic mass is 32.1. The first kappa shape index (κ1) is 22.0. The van der Waals surface area contributed by atoms with Crippen LogP contribution < -0.4 is 5.32 Å². The Morgan fingerprint density at radius 1 is 1.06 bits per heavy atom. The Labute approximate surface area is 202 Å². The van der Waals surface area contributed by atoms with Gasteiger partial charge in [0, 0.05) is 10.3 Å². The van der Waals surface area contributed by atoms with Gasteiger partial charge in [-0.1, -0.05) is 54.6 Å². The van der Waals surface area contributed by atoms with Gasteiger partial charge in [-0.05, 0) is 60.1 Å². The standard InChI is InChI=1S/C28H24N2O3S/c1-18(19-8-3-2-4-9-19)29-25(31)17-33-28(32)26-22-11-5-6-12-24(22)30-27-20(13-14-23(26)27)16-21-10-7-15-34-21/h2-12,15-16,18H,13-14,17H2,1H3,(H,29,31)/b20-16+. The van der Waals surface area contributed by atoms with Crippen molar-refractivity contribution in [2.24, 2.45) is 0 Å². The van der Waals surface area contributed by atoms with Crippen LogP contribution >= 0.6 is 11.3 Å². The number of thiophene rings is 1. The Hall–Kier alpha value is -3.77. The lowest BCUT2D eigenvalue weighted by atomic mass is 10.0. The fraction of sp³-hybridized carbons (Fsp3) is 0.179. The summed E-state index contributed by atoms with van der Waals surface area (Å²) in [6.45, 7) is 1.57. The average Bonchev–Trinajstić information content (AvgIpc) is 3.52. The molecule has 2 aromatic carbocycles. The molecule has 0 saturated carbocycles. The third kappa shape index (κ3) is 4.50. The molecule has 0 aliphatic heterocycles. The van der Waals surface area contributed by atoms with Gasteiger partial charge in [0.15, 0.2) is 6.61 Å². The SMILES string of the molecule is CC(NC(=O)COC(=O)c1c2c(nc3ccccc13)/C(=C/c1cccs1)CC2)c1ccccc1. The number of carbonyl (C=O) groups is 2. The van der Waals surface area contributed by atoms with Gasteiger partial charge in [-0.25, -0.2) is 9.78 Å². The van der Waals surface area contributed by atoms with Crippen molar-refractivity contribution in [1.82, 2.24) is 10.3 Å². The van der Waals surface area contributed by atoms with Gasteiger partial charge in [0.25, 0.3) is 5.91 Å². The van der Waals surface area contributed by atoms with Crippen LogP contribution in [0.3, 0.4) is 0 Å². The molecule has 0 bridgehead atoms. The van der Waals surface area contributed by atoms with E-state index < -0.39 is 5.97 Å². The summed E-state index contributed by atoms with van der Waals surface area (Å²) in [5.41, 5.74) is 5.11.